The molecule has 0 heterocycles. The van der Waals surface area contributed by atoms with Gasteiger partial charge in [-0.05, 0) is 31.3 Å². The molecule has 0 aromatic carbocycles. The first-order chi connectivity index (χ1) is 3.43. The van der Waals surface area contributed by atoms with Gasteiger partial charge >= 0.3 is 0 Å². The summed E-state index contributed by atoms with van der Waals surface area (Å²) in [5.41, 5.74) is 0. The average Bonchev–Trinajstić information content (AvgIpc) is 2.14. The van der Waals surface area contributed by atoms with Crippen molar-refractivity contribution in [3.05, 3.63) is 6.42 Å². The summed E-state index contributed by atoms with van der Waals surface area (Å²) in [6.45, 7) is 0. The summed E-state index contributed by atoms with van der Waals surface area (Å²) in [6, 6.07) is 0. The first-order valence-electron chi connectivity index (χ1n) is 2.57. The third-order valence-electron chi connectivity index (χ3n) is 1.26. The van der Waals surface area contributed by atoms with Crippen molar-refractivity contribution in [3.8, 4) is 0 Å². The van der Waals surface area contributed by atoms with Crippen molar-refractivity contribution < 1.29 is 4.55 Å². The van der Waals surface area contributed by atoms with E-state index in [1.165, 1.54) is 19.3 Å². The van der Waals surface area contributed by atoms with Crippen molar-refractivity contribution in [2.75, 3.05) is 0 Å². The predicted octanol–water partition coefficient (Wildman–Crippen LogP) is 1.95. The fourth-order valence-corrected chi connectivity index (χ4v) is 1.33. The normalized spacial score (nSPS) is 23.6. The fourth-order valence-electron chi connectivity index (χ4n) is 0.836. The summed E-state index contributed by atoms with van der Waals surface area (Å²) in [5, 5.41) is 0.444. The number of hydrogen-bond acceptors (Lipinski definition) is 2. The standard InChI is InChI=1S/C5H9OS/c6-7-5-3-1-2-4-5/h3,5-6H,1-2,4H2. The van der Waals surface area contributed by atoms with Crippen molar-refractivity contribution in [2.45, 2.75) is 24.5 Å². The highest BCUT2D eigenvalue weighted by Crippen LogP contribution is 2.25. The summed E-state index contributed by atoms with van der Waals surface area (Å²) in [6.07, 6.45) is 5.79. The van der Waals surface area contributed by atoms with Gasteiger partial charge in [0.1, 0.15) is 0 Å². The second-order valence-electron chi connectivity index (χ2n) is 1.81. The molecule has 7 heavy (non-hydrogen) atoms. The topological polar surface area (TPSA) is 20.2 Å². The Bertz CT molecular complexity index is 50.0. The molecule has 1 unspecified atom stereocenters. The summed E-state index contributed by atoms with van der Waals surface area (Å²) in [4.78, 5) is 0. The Balaban J connectivity index is 2.14. The maximum Gasteiger partial charge on any atom is 0.0340 e. The Morgan fingerprint density at radius 1 is 1.71 bits per heavy atom. The minimum Gasteiger partial charge on any atom is -0.330 e. The average molecular weight is 117 g/mol. The van der Waals surface area contributed by atoms with E-state index in [0.29, 0.717) is 5.25 Å². The first kappa shape index (κ1) is 5.45. The maximum absolute atomic E-state index is 8.45. The van der Waals surface area contributed by atoms with E-state index >= 15 is 0 Å². The molecule has 2 heteroatoms. The van der Waals surface area contributed by atoms with Gasteiger partial charge in [-0.3, -0.25) is 0 Å². The monoisotopic (exact) mass is 117 g/mol. The maximum atomic E-state index is 8.45. The van der Waals surface area contributed by atoms with E-state index in [1.807, 2.05) is 0 Å². The number of hydrogen-bond donors (Lipinski definition) is 1. The van der Waals surface area contributed by atoms with Crippen LogP contribution >= 0.6 is 12.0 Å². The highest BCUT2D eigenvalue weighted by Gasteiger charge is 2.13. The van der Waals surface area contributed by atoms with Crippen LogP contribution in [0.4, 0.5) is 0 Å². The lowest BCUT2D eigenvalue weighted by Gasteiger charge is -1.96. The van der Waals surface area contributed by atoms with Crippen LogP contribution in [0, 0.1) is 6.42 Å². The van der Waals surface area contributed by atoms with Crippen LogP contribution in [-0.4, -0.2) is 9.80 Å². The molecule has 1 N–H and O–H groups in total. The van der Waals surface area contributed by atoms with Gasteiger partial charge in [0.2, 0.25) is 0 Å². The van der Waals surface area contributed by atoms with Gasteiger partial charge in [-0.15, -0.1) is 0 Å². The van der Waals surface area contributed by atoms with E-state index in [1.54, 1.807) is 0 Å². The lowest BCUT2D eigenvalue weighted by Crippen LogP contribution is -1.90. The van der Waals surface area contributed by atoms with Gasteiger partial charge in [-0.25, -0.2) is 0 Å². The first-order valence-corrected chi connectivity index (χ1v) is 3.40. The van der Waals surface area contributed by atoms with E-state index in [2.05, 4.69) is 6.42 Å². The molecule has 1 radical (unpaired) electrons. The van der Waals surface area contributed by atoms with E-state index in [0.717, 1.165) is 12.0 Å². The smallest absolute Gasteiger partial charge is 0.0340 e. The van der Waals surface area contributed by atoms with Crippen LogP contribution in [0.1, 0.15) is 19.3 Å². The zero-order valence-corrected chi connectivity index (χ0v) is 4.95. The van der Waals surface area contributed by atoms with Crippen LogP contribution < -0.4 is 0 Å². The summed E-state index contributed by atoms with van der Waals surface area (Å²) < 4.78 is 8.45. The molecule has 0 bridgehead atoms. The summed E-state index contributed by atoms with van der Waals surface area (Å²) >= 11 is 0.977. The predicted molar refractivity (Wildman–Crippen MR) is 32.2 cm³/mol. The Morgan fingerprint density at radius 2 is 2.57 bits per heavy atom. The Morgan fingerprint density at radius 3 is 2.86 bits per heavy atom. The molecule has 0 spiro atoms. The van der Waals surface area contributed by atoms with Gasteiger partial charge in [0, 0.05) is 5.25 Å². The SMILES string of the molecule is OSC1[CH]CCC1. The second kappa shape index (κ2) is 2.58. The van der Waals surface area contributed by atoms with Crippen LogP contribution in [0.2, 0.25) is 0 Å². The zero-order valence-electron chi connectivity index (χ0n) is 4.13. The largest absolute Gasteiger partial charge is 0.330 e. The van der Waals surface area contributed by atoms with E-state index in [9.17, 15) is 0 Å². The molecule has 0 amide bonds. The fraction of sp³-hybridized carbons (Fsp3) is 0.800. The van der Waals surface area contributed by atoms with Gasteiger partial charge < -0.3 is 4.55 Å². The zero-order chi connectivity index (χ0) is 5.11. The van der Waals surface area contributed by atoms with Crippen molar-refractivity contribution >= 4 is 12.0 Å². The van der Waals surface area contributed by atoms with Crippen molar-refractivity contribution in [1.29, 1.82) is 0 Å². The molecule has 1 aliphatic carbocycles. The molecule has 1 aliphatic rings. The van der Waals surface area contributed by atoms with Crippen molar-refractivity contribution in [2.24, 2.45) is 0 Å². The van der Waals surface area contributed by atoms with Gasteiger partial charge in [-0.2, -0.15) is 0 Å². The molecule has 41 valence electrons. The van der Waals surface area contributed by atoms with Gasteiger partial charge in [0.15, 0.2) is 0 Å². The molecule has 1 saturated carbocycles. The van der Waals surface area contributed by atoms with Crippen LogP contribution in [-0.2, 0) is 0 Å². The second-order valence-corrected chi connectivity index (χ2v) is 2.63. The van der Waals surface area contributed by atoms with E-state index in [-0.39, 0.29) is 0 Å². The van der Waals surface area contributed by atoms with E-state index < -0.39 is 0 Å². The molecular weight excluding hydrogens is 108 g/mol. The van der Waals surface area contributed by atoms with Crippen LogP contribution in [0.5, 0.6) is 0 Å². The van der Waals surface area contributed by atoms with Gasteiger partial charge in [0.25, 0.3) is 0 Å². The Labute approximate surface area is 48.3 Å². The minimum atomic E-state index is 0.444. The summed E-state index contributed by atoms with van der Waals surface area (Å²) in [7, 11) is 0. The molecule has 0 saturated heterocycles. The lowest BCUT2D eigenvalue weighted by molar-refractivity contribution is 0.653. The highest BCUT2D eigenvalue weighted by atomic mass is 32.2. The molecule has 1 nitrogen and oxygen atoms in total. The van der Waals surface area contributed by atoms with Crippen molar-refractivity contribution in [3.63, 3.8) is 0 Å². The van der Waals surface area contributed by atoms with Crippen LogP contribution in [0.25, 0.3) is 0 Å². The highest BCUT2D eigenvalue weighted by molar-refractivity contribution is 7.94. The minimum absolute atomic E-state index is 0.444. The third kappa shape index (κ3) is 1.35. The number of rotatable bonds is 1. The molecule has 0 aromatic heterocycles. The van der Waals surface area contributed by atoms with Crippen molar-refractivity contribution in [1.82, 2.24) is 0 Å². The van der Waals surface area contributed by atoms with Gasteiger partial charge in [0.05, 0.1) is 0 Å². The van der Waals surface area contributed by atoms with Gasteiger partial charge in [-0.1, -0.05) is 6.42 Å². The molecule has 1 fully saturated rings. The molecule has 1 rings (SSSR count). The lowest BCUT2D eigenvalue weighted by atomic mass is 10.4. The van der Waals surface area contributed by atoms with Crippen LogP contribution in [0.3, 0.4) is 0 Å². The third-order valence-corrected chi connectivity index (χ3v) is 1.96. The Hall–Kier alpha value is 0.310. The molecule has 0 aliphatic heterocycles. The van der Waals surface area contributed by atoms with E-state index in [4.69, 9.17) is 4.55 Å². The summed E-state index contributed by atoms with van der Waals surface area (Å²) in [5.74, 6) is 0. The molecular formula is C5H9OS. The molecule has 1 atom stereocenters. The van der Waals surface area contributed by atoms with Crippen LogP contribution in [0.15, 0.2) is 0 Å². The molecule has 0 aromatic rings. The quantitative estimate of drug-likeness (QED) is 0.530. The Kier molecular flexibility index (Phi) is 2.00.